The number of halogens is 1. The van der Waals surface area contributed by atoms with Gasteiger partial charge < -0.3 is 4.74 Å². The molecule has 1 N–H and O–H groups in total. The summed E-state index contributed by atoms with van der Waals surface area (Å²) in [5, 5.41) is 0.520. The molecule has 0 spiro atoms. The van der Waals surface area contributed by atoms with Gasteiger partial charge in [0, 0.05) is 6.54 Å². The number of aryl methyl sites for hydroxylation is 2. The summed E-state index contributed by atoms with van der Waals surface area (Å²) in [5.74, 6) is 0.674. The molecule has 2 aromatic carbocycles. The Morgan fingerprint density at radius 3 is 2.62 bits per heavy atom. The molecule has 130 valence electrons. The molecule has 0 aromatic heterocycles. The maximum Gasteiger partial charge on any atom is 0.211 e. The molecule has 24 heavy (non-hydrogen) atoms. The van der Waals surface area contributed by atoms with E-state index in [0.717, 1.165) is 17.5 Å². The van der Waals surface area contributed by atoms with Gasteiger partial charge in [0.1, 0.15) is 12.4 Å². The van der Waals surface area contributed by atoms with Crippen molar-refractivity contribution in [3.8, 4) is 5.75 Å². The molecule has 0 saturated carbocycles. The standard InChI is InChI=1S/C18H22ClNO3S/c1-15-9-10-17(19)18(14-15)23-12-11-20-24(21,22)13-5-8-16-6-3-2-4-7-16/h2-4,6-7,9-10,14,20H,5,8,11-13H2,1H3. The van der Waals surface area contributed by atoms with Crippen molar-refractivity contribution in [3.63, 3.8) is 0 Å². The molecule has 0 unspecified atom stereocenters. The molecule has 2 rings (SSSR count). The fourth-order valence-corrected chi connectivity index (χ4v) is 3.50. The molecule has 0 atom stereocenters. The van der Waals surface area contributed by atoms with Gasteiger partial charge in [-0.15, -0.1) is 0 Å². The average Bonchev–Trinajstić information content (AvgIpc) is 2.55. The van der Waals surface area contributed by atoms with Gasteiger partial charge in [0.2, 0.25) is 10.0 Å². The molecule has 0 amide bonds. The van der Waals surface area contributed by atoms with Gasteiger partial charge in [-0.25, -0.2) is 13.1 Å². The number of nitrogens with one attached hydrogen (secondary N) is 1. The van der Waals surface area contributed by atoms with E-state index in [1.54, 1.807) is 6.07 Å². The van der Waals surface area contributed by atoms with Gasteiger partial charge in [-0.2, -0.15) is 0 Å². The lowest BCUT2D eigenvalue weighted by Gasteiger charge is -2.10. The van der Waals surface area contributed by atoms with Crippen LogP contribution in [-0.2, 0) is 16.4 Å². The summed E-state index contributed by atoms with van der Waals surface area (Å²) in [5.41, 5.74) is 2.18. The summed E-state index contributed by atoms with van der Waals surface area (Å²) < 4.78 is 32.0. The number of hydrogen-bond acceptors (Lipinski definition) is 3. The zero-order chi connectivity index (χ0) is 17.4. The highest BCUT2D eigenvalue weighted by atomic mass is 35.5. The molecule has 6 heteroatoms. The van der Waals surface area contributed by atoms with Crippen molar-refractivity contribution < 1.29 is 13.2 Å². The quantitative estimate of drug-likeness (QED) is 0.689. The second kappa shape index (κ2) is 9.06. The Kier molecular flexibility index (Phi) is 7.09. The second-order valence-corrected chi connectivity index (χ2v) is 7.92. The van der Waals surface area contributed by atoms with E-state index in [1.165, 1.54) is 0 Å². The third-order valence-electron chi connectivity index (χ3n) is 3.49. The van der Waals surface area contributed by atoms with E-state index in [-0.39, 0.29) is 18.9 Å². The van der Waals surface area contributed by atoms with Crippen LogP contribution in [-0.4, -0.2) is 27.3 Å². The summed E-state index contributed by atoms with van der Waals surface area (Å²) in [6.07, 6.45) is 1.33. The fourth-order valence-electron chi connectivity index (χ4n) is 2.26. The van der Waals surface area contributed by atoms with Crippen LogP contribution in [0.1, 0.15) is 17.5 Å². The summed E-state index contributed by atoms with van der Waals surface area (Å²) in [6.45, 7) is 2.40. The number of hydrogen-bond donors (Lipinski definition) is 1. The number of ether oxygens (including phenoxy) is 1. The molecule has 0 aliphatic rings. The fraction of sp³-hybridized carbons (Fsp3) is 0.333. The average molecular weight is 368 g/mol. The number of sulfonamides is 1. The van der Waals surface area contributed by atoms with Gasteiger partial charge in [0.05, 0.1) is 10.8 Å². The lowest BCUT2D eigenvalue weighted by Crippen LogP contribution is -2.30. The predicted molar refractivity (Wildman–Crippen MR) is 98.2 cm³/mol. The molecular formula is C18H22ClNO3S. The van der Waals surface area contributed by atoms with E-state index in [9.17, 15) is 8.42 Å². The Morgan fingerprint density at radius 2 is 1.88 bits per heavy atom. The first-order valence-electron chi connectivity index (χ1n) is 7.86. The van der Waals surface area contributed by atoms with Crippen molar-refractivity contribution in [3.05, 3.63) is 64.7 Å². The third kappa shape index (κ3) is 6.51. The van der Waals surface area contributed by atoms with Crippen LogP contribution in [0.2, 0.25) is 5.02 Å². The van der Waals surface area contributed by atoms with Crippen molar-refractivity contribution >= 4 is 21.6 Å². The minimum atomic E-state index is -3.29. The summed E-state index contributed by atoms with van der Waals surface area (Å²) in [6, 6.07) is 15.3. The van der Waals surface area contributed by atoms with Crippen LogP contribution < -0.4 is 9.46 Å². The van der Waals surface area contributed by atoms with Crippen molar-refractivity contribution in [2.75, 3.05) is 18.9 Å². The first kappa shape index (κ1) is 18.8. The SMILES string of the molecule is Cc1ccc(Cl)c(OCCNS(=O)(=O)CCCc2ccccc2)c1. The zero-order valence-corrected chi connectivity index (χ0v) is 15.2. The van der Waals surface area contributed by atoms with E-state index in [4.69, 9.17) is 16.3 Å². The summed E-state index contributed by atoms with van der Waals surface area (Å²) in [7, 11) is -3.29. The first-order chi connectivity index (χ1) is 11.5. The predicted octanol–water partition coefficient (Wildman–Crippen LogP) is 3.58. The molecule has 0 aliphatic heterocycles. The van der Waals surface area contributed by atoms with E-state index in [2.05, 4.69) is 4.72 Å². The normalized spacial score (nSPS) is 11.4. The van der Waals surface area contributed by atoms with Gasteiger partial charge in [-0.1, -0.05) is 48.0 Å². The Labute approximate surface area is 148 Å². The molecule has 0 heterocycles. The topological polar surface area (TPSA) is 55.4 Å². The molecule has 0 radical (unpaired) electrons. The Bertz CT molecular complexity index is 748. The van der Waals surface area contributed by atoms with E-state index >= 15 is 0 Å². The van der Waals surface area contributed by atoms with Gasteiger partial charge >= 0.3 is 0 Å². The van der Waals surface area contributed by atoms with Crippen LogP contribution in [0.3, 0.4) is 0 Å². The summed E-state index contributed by atoms with van der Waals surface area (Å²) in [4.78, 5) is 0. The van der Waals surface area contributed by atoms with Crippen LogP contribution in [0.5, 0.6) is 5.75 Å². The lowest BCUT2D eigenvalue weighted by molar-refractivity contribution is 0.323. The Balaban J connectivity index is 1.69. The highest BCUT2D eigenvalue weighted by Crippen LogP contribution is 2.24. The monoisotopic (exact) mass is 367 g/mol. The van der Waals surface area contributed by atoms with Crippen LogP contribution in [0.25, 0.3) is 0 Å². The van der Waals surface area contributed by atoms with Crippen LogP contribution in [0.4, 0.5) is 0 Å². The van der Waals surface area contributed by atoms with E-state index in [1.807, 2.05) is 49.4 Å². The van der Waals surface area contributed by atoms with Crippen LogP contribution in [0, 0.1) is 6.92 Å². The van der Waals surface area contributed by atoms with E-state index < -0.39 is 10.0 Å². The molecule has 0 aliphatic carbocycles. The van der Waals surface area contributed by atoms with Crippen LogP contribution in [0.15, 0.2) is 48.5 Å². The molecule has 2 aromatic rings. The smallest absolute Gasteiger partial charge is 0.211 e. The van der Waals surface area contributed by atoms with Gasteiger partial charge in [0.25, 0.3) is 0 Å². The number of rotatable bonds is 9. The van der Waals surface area contributed by atoms with Crippen molar-refractivity contribution in [2.45, 2.75) is 19.8 Å². The largest absolute Gasteiger partial charge is 0.491 e. The van der Waals surface area contributed by atoms with Gasteiger partial charge in [-0.3, -0.25) is 0 Å². The van der Waals surface area contributed by atoms with Gasteiger partial charge in [0.15, 0.2) is 0 Å². The first-order valence-corrected chi connectivity index (χ1v) is 9.89. The third-order valence-corrected chi connectivity index (χ3v) is 5.27. The lowest BCUT2D eigenvalue weighted by atomic mass is 10.1. The maximum atomic E-state index is 12.0. The number of benzene rings is 2. The Morgan fingerprint density at radius 1 is 1.12 bits per heavy atom. The van der Waals surface area contributed by atoms with Gasteiger partial charge in [-0.05, 0) is 43.0 Å². The Hall–Kier alpha value is -1.56. The summed E-state index contributed by atoms with van der Waals surface area (Å²) >= 11 is 6.03. The molecule has 0 fully saturated rings. The molecule has 4 nitrogen and oxygen atoms in total. The van der Waals surface area contributed by atoms with Crippen molar-refractivity contribution in [1.29, 1.82) is 0 Å². The highest BCUT2D eigenvalue weighted by Gasteiger charge is 2.10. The molecule has 0 bridgehead atoms. The van der Waals surface area contributed by atoms with Crippen molar-refractivity contribution in [2.24, 2.45) is 0 Å². The molecular weight excluding hydrogens is 346 g/mol. The van der Waals surface area contributed by atoms with E-state index in [0.29, 0.717) is 17.2 Å². The van der Waals surface area contributed by atoms with Crippen LogP contribution >= 0.6 is 11.6 Å². The van der Waals surface area contributed by atoms with Crippen molar-refractivity contribution in [1.82, 2.24) is 4.72 Å². The minimum Gasteiger partial charge on any atom is -0.491 e. The molecule has 0 saturated heterocycles. The minimum absolute atomic E-state index is 0.104. The zero-order valence-electron chi connectivity index (χ0n) is 13.7. The maximum absolute atomic E-state index is 12.0. The second-order valence-electron chi connectivity index (χ2n) is 5.58. The highest BCUT2D eigenvalue weighted by molar-refractivity contribution is 7.89.